The van der Waals surface area contributed by atoms with Gasteiger partial charge in [-0.25, -0.2) is 9.97 Å². The minimum atomic E-state index is -0.0364. The van der Waals surface area contributed by atoms with Gasteiger partial charge in [-0.1, -0.05) is 36.4 Å². The van der Waals surface area contributed by atoms with Crippen LogP contribution in [-0.2, 0) is 11.3 Å². The van der Waals surface area contributed by atoms with Gasteiger partial charge in [0.25, 0.3) is 5.91 Å². The Morgan fingerprint density at radius 2 is 1.86 bits per heavy atom. The number of benzene rings is 1. The van der Waals surface area contributed by atoms with Crippen LogP contribution in [0.15, 0.2) is 72.2 Å². The summed E-state index contributed by atoms with van der Waals surface area (Å²) in [6.45, 7) is 6.07. The van der Waals surface area contributed by atoms with Gasteiger partial charge in [0.1, 0.15) is 0 Å². The molecule has 0 radical (unpaired) electrons. The Balaban J connectivity index is 1.41. The summed E-state index contributed by atoms with van der Waals surface area (Å²) in [6.07, 6.45) is 6.33. The molecule has 0 aliphatic carbocycles. The van der Waals surface area contributed by atoms with E-state index < -0.39 is 0 Å². The molecule has 1 amide bonds. The molecule has 0 saturated carbocycles. The Hall–Kier alpha value is -3.84. The van der Waals surface area contributed by atoms with Crippen LogP contribution in [0.2, 0.25) is 0 Å². The molecule has 0 spiro atoms. The van der Waals surface area contributed by atoms with Crippen molar-refractivity contribution in [2.75, 3.05) is 25.5 Å². The molecule has 1 atom stereocenters. The van der Waals surface area contributed by atoms with Crippen LogP contribution in [0.4, 0.5) is 5.95 Å². The molecule has 3 aromatic rings. The standard InChI is InChI=1S/C28H30N6O/c1-19-15-22-16-30-28(31-20(2)25-11-7-8-13-29-25)32-26(22)18-34(19)27(35)23-12-14-33(3)17-24(23)21-9-5-4-6-10-21/h4-11,13,15-16,20H,12,14,17-18H2,1-3H3,(H,30,31,32)/t20-/m0/s1. The maximum absolute atomic E-state index is 13.9. The molecule has 1 N–H and O–H groups in total. The fraction of sp³-hybridized carbons (Fsp3) is 0.286. The highest BCUT2D eigenvalue weighted by Crippen LogP contribution is 2.31. The highest BCUT2D eigenvalue weighted by molar-refractivity contribution is 6.03. The molecule has 1 aromatic carbocycles. The number of fused-ring (bicyclic) bond motifs is 1. The number of nitrogens with zero attached hydrogens (tertiary/aromatic N) is 5. The third kappa shape index (κ3) is 4.86. The van der Waals surface area contributed by atoms with E-state index in [2.05, 4.69) is 39.4 Å². The minimum absolute atomic E-state index is 0.0364. The van der Waals surface area contributed by atoms with Gasteiger partial charge in [0.2, 0.25) is 5.95 Å². The zero-order valence-corrected chi connectivity index (χ0v) is 20.4. The van der Waals surface area contributed by atoms with Crippen LogP contribution in [0.3, 0.4) is 0 Å². The van der Waals surface area contributed by atoms with Crippen molar-refractivity contribution in [1.29, 1.82) is 0 Å². The molecule has 4 heterocycles. The fourth-order valence-corrected chi connectivity index (χ4v) is 4.65. The van der Waals surface area contributed by atoms with E-state index in [1.807, 2.05) is 67.4 Å². The van der Waals surface area contributed by atoms with E-state index in [4.69, 9.17) is 4.98 Å². The van der Waals surface area contributed by atoms with Crippen molar-refractivity contribution in [1.82, 2.24) is 24.8 Å². The molecule has 178 valence electrons. The first-order chi connectivity index (χ1) is 17.0. The van der Waals surface area contributed by atoms with Gasteiger partial charge < -0.3 is 15.1 Å². The molecule has 0 unspecified atom stereocenters. The quantitative estimate of drug-likeness (QED) is 0.595. The summed E-state index contributed by atoms with van der Waals surface area (Å²) in [4.78, 5) is 31.6. The number of pyridine rings is 1. The van der Waals surface area contributed by atoms with Crippen molar-refractivity contribution in [3.8, 4) is 0 Å². The largest absolute Gasteiger partial charge is 0.346 e. The van der Waals surface area contributed by atoms with Gasteiger partial charge >= 0.3 is 0 Å². The van der Waals surface area contributed by atoms with Crippen molar-refractivity contribution in [3.63, 3.8) is 0 Å². The van der Waals surface area contributed by atoms with Gasteiger partial charge in [-0.3, -0.25) is 9.78 Å². The summed E-state index contributed by atoms with van der Waals surface area (Å²) in [5.41, 5.74) is 6.72. The summed E-state index contributed by atoms with van der Waals surface area (Å²) >= 11 is 0. The molecule has 0 saturated heterocycles. The molecule has 35 heavy (non-hydrogen) atoms. The Morgan fingerprint density at radius 3 is 2.63 bits per heavy atom. The highest BCUT2D eigenvalue weighted by Gasteiger charge is 2.30. The fourth-order valence-electron chi connectivity index (χ4n) is 4.65. The monoisotopic (exact) mass is 466 g/mol. The number of hydrogen-bond acceptors (Lipinski definition) is 6. The van der Waals surface area contributed by atoms with Crippen LogP contribution in [0.1, 0.15) is 48.8 Å². The number of anilines is 1. The van der Waals surface area contributed by atoms with Crippen LogP contribution < -0.4 is 5.32 Å². The highest BCUT2D eigenvalue weighted by atomic mass is 16.2. The molecule has 7 heteroatoms. The molecule has 2 aromatic heterocycles. The number of carbonyl (C=O) groups is 1. The van der Waals surface area contributed by atoms with Crippen LogP contribution >= 0.6 is 0 Å². The molecule has 5 rings (SSSR count). The van der Waals surface area contributed by atoms with Gasteiger partial charge in [0.15, 0.2) is 0 Å². The molecule has 0 bridgehead atoms. The third-order valence-electron chi connectivity index (χ3n) is 6.64. The van der Waals surface area contributed by atoms with Gasteiger partial charge in [-0.2, -0.15) is 0 Å². The molecular weight excluding hydrogens is 436 g/mol. The van der Waals surface area contributed by atoms with Crippen LogP contribution in [0.25, 0.3) is 11.6 Å². The average molecular weight is 467 g/mol. The smallest absolute Gasteiger partial charge is 0.254 e. The predicted octanol–water partition coefficient (Wildman–Crippen LogP) is 4.54. The van der Waals surface area contributed by atoms with Gasteiger partial charge in [0, 0.05) is 42.3 Å². The lowest BCUT2D eigenvalue weighted by Crippen LogP contribution is -2.37. The Labute approximate surface area is 206 Å². The van der Waals surface area contributed by atoms with Crippen molar-refractivity contribution in [3.05, 3.63) is 94.7 Å². The van der Waals surface area contributed by atoms with E-state index in [-0.39, 0.29) is 11.9 Å². The Kier molecular flexibility index (Phi) is 6.42. The molecule has 2 aliphatic rings. The number of amides is 1. The number of likely N-dealkylation sites (N-methyl/N-ethyl adjacent to an activating group) is 1. The molecule has 2 aliphatic heterocycles. The van der Waals surface area contributed by atoms with E-state index >= 15 is 0 Å². The number of carbonyl (C=O) groups excluding carboxylic acids is 1. The first kappa shape index (κ1) is 22.9. The number of nitrogens with one attached hydrogen (secondary N) is 1. The maximum Gasteiger partial charge on any atom is 0.254 e. The summed E-state index contributed by atoms with van der Waals surface area (Å²) in [5, 5.41) is 3.34. The second-order valence-electron chi connectivity index (χ2n) is 9.20. The van der Waals surface area contributed by atoms with Gasteiger partial charge in [-0.05, 0) is 56.7 Å². The predicted molar refractivity (Wildman–Crippen MR) is 138 cm³/mol. The van der Waals surface area contributed by atoms with Gasteiger partial charge in [0.05, 0.1) is 24.0 Å². The first-order valence-electron chi connectivity index (χ1n) is 12.0. The van der Waals surface area contributed by atoms with E-state index in [1.54, 1.807) is 6.20 Å². The summed E-state index contributed by atoms with van der Waals surface area (Å²) in [6, 6.07) is 16.0. The number of hydrogen-bond donors (Lipinski definition) is 1. The van der Waals surface area contributed by atoms with E-state index in [1.165, 1.54) is 0 Å². The minimum Gasteiger partial charge on any atom is -0.346 e. The summed E-state index contributed by atoms with van der Waals surface area (Å²) in [7, 11) is 2.10. The molecular formula is C28H30N6O. The van der Waals surface area contributed by atoms with E-state index in [9.17, 15) is 4.79 Å². The lowest BCUT2D eigenvalue weighted by Gasteiger charge is -2.33. The third-order valence-corrected chi connectivity index (χ3v) is 6.64. The van der Waals surface area contributed by atoms with Crippen LogP contribution in [0, 0.1) is 0 Å². The van der Waals surface area contributed by atoms with Gasteiger partial charge in [-0.15, -0.1) is 0 Å². The topological polar surface area (TPSA) is 74.2 Å². The lowest BCUT2D eigenvalue weighted by molar-refractivity contribution is -0.126. The summed E-state index contributed by atoms with van der Waals surface area (Å²) < 4.78 is 0. The van der Waals surface area contributed by atoms with Crippen molar-refractivity contribution < 1.29 is 4.79 Å². The van der Waals surface area contributed by atoms with E-state index in [0.29, 0.717) is 12.5 Å². The maximum atomic E-state index is 13.9. The first-order valence-corrected chi connectivity index (χ1v) is 12.0. The number of allylic oxidation sites excluding steroid dienone is 1. The second-order valence-corrected chi connectivity index (χ2v) is 9.20. The van der Waals surface area contributed by atoms with Crippen molar-refractivity contribution >= 4 is 23.5 Å². The van der Waals surface area contributed by atoms with Crippen LogP contribution in [0.5, 0.6) is 0 Å². The Morgan fingerprint density at radius 1 is 1.06 bits per heavy atom. The zero-order chi connectivity index (χ0) is 24.4. The normalized spacial score (nSPS) is 17.0. The lowest BCUT2D eigenvalue weighted by atomic mass is 9.92. The number of aromatic nitrogens is 3. The van der Waals surface area contributed by atoms with E-state index in [0.717, 1.165) is 58.9 Å². The second kappa shape index (κ2) is 9.80. The van der Waals surface area contributed by atoms with Crippen LogP contribution in [-0.4, -0.2) is 50.8 Å². The van der Waals surface area contributed by atoms with Crippen molar-refractivity contribution in [2.45, 2.75) is 32.9 Å². The number of rotatable bonds is 5. The van der Waals surface area contributed by atoms with Crippen molar-refractivity contribution in [2.24, 2.45) is 0 Å². The molecule has 7 nitrogen and oxygen atoms in total. The Bertz CT molecular complexity index is 1290. The average Bonchev–Trinajstić information content (AvgIpc) is 2.89. The molecule has 0 fully saturated rings. The zero-order valence-electron chi connectivity index (χ0n) is 20.4. The summed E-state index contributed by atoms with van der Waals surface area (Å²) in [5.74, 6) is 0.595. The SMILES string of the molecule is CC1=Cc2cnc(N[C@@H](C)c3ccccn3)nc2CN1C(=O)C1=C(c2ccccc2)CN(C)CC1.